The van der Waals surface area contributed by atoms with E-state index in [-0.39, 0.29) is 12.0 Å². The van der Waals surface area contributed by atoms with E-state index in [0.717, 1.165) is 0 Å². The van der Waals surface area contributed by atoms with E-state index in [1.54, 1.807) is 13.8 Å². The number of hydrogen-bond acceptors (Lipinski definition) is 3. The Labute approximate surface area is 128 Å². The Morgan fingerprint density at radius 1 is 1.29 bits per heavy atom. The Hall–Kier alpha value is -0.660. The summed E-state index contributed by atoms with van der Waals surface area (Å²) in [6.07, 6.45) is 1.06. The SMILES string of the molecule is CCN(CC)S(=O)(=O)NC1CCC(C(=O)O)C(C)(C)C1C. The van der Waals surface area contributed by atoms with Gasteiger partial charge in [-0.25, -0.2) is 0 Å². The van der Waals surface area contributed by atoms with Crippen LogP contribution in [0.1, 0.15) is 47.5 Å². The molecule has 0 aromatic rings. The molecule has 0 aromatic heterocycles. The van der Waals surface area contributed by atoms with Crippen LogP contribution in [0.2, 0.25) is 0 Å². The van der Waals surface area contributed by atoms with Gasteiger partial charge in [-0.1, -0.05) is 34.6 Å². The monoisotopic (exact) mass is 320 g/mol. The molecule has 1 aliphatic rings. The minimum absolute atomic E-state index is 0.0438. The Kier molecular flexibility index (Phi) is 5.80. The molecule has 3 atom stereocenters. The standard InChI is InChI=1S/C14H28N2O4S/c1-6-16(7-2)21(19,20)15-12-9-8-11(13(17)18)14(4,5)10(12)3/h10-12,15H,6-9H2,1-5H3,(H,17,18). The number of aliphatic carboxylic acids is 1. The number of hydrogen-bond donors (Lipinski definition) is 2. The highest BCUT2D eigenvalue weighted by molar-refractivity contribution is 7.87. The van der Waals surface area contributed by atoms with Crippen molar-refractivity contribution in [3.05, 3.63) is 0 Å². The summed E-state index contributed by atoms with van der Waals surface area (Å²) in [5, 5.41) is 9.33. The van der Waals surface area contributed by atoms with Gasteiger partial charge in [0.05, 0.1) is 5.92 Å². The predicted octanol–water partition coefficient (Wildman–Crippen LogP) is 1.69. The van der Waals surface area contributed by atoms with Gasteiger partial charge in [0.1, 0.15) is 0 Å². The lowest BCUT2D eigenvalue weighted by molar-refractivity contribution is -0.150. The van der Waals surface area contributed by atoms with Crippen molar-refractivity contribution in [3.8, 4) is 0 Å². The Bertz CT molecular complexity index is 471. The van der Waals surface area contributed by atoms with Gasteiger partial charge in [-0.2, -0.15) is 17.4 Å². The number of carbonyl (C=O) groups is 1. The summed E-state index contributed by atoms with van der Waals surface area (Å²) < 4.78 is 28.8. The molecule has 2 N–H and O–H groups in total. The van der Waals surface area contributed by atoms with Crippen molar-refractivity contribution in [2.45, 2.75) is 53.5 Å². The van der Waals surface area contributed by atoms with Crippen LogP contribution in [-0.2, 0) is 15.0 Å². The van der Waals surface area contributed by atoms with E-state index in [0.29, 0.717) is 25.9 Å². The van der Waals surface area contributed by atoms with Crippen LogP contribution in [0.5, 0.6) is 0 Å². The summed E-state index contributed by atoms with van der Waals surface area (Å²) >= 11 is 0. The van der Waals surface area contributed by atoms with Crippen LogP contribution in [0.25, 0.3) is 0 Å². The van der Waals surface area contributed by atoms with Gasteiger partial charge in [0.15, 0.2) is 0 Å². The van der Waals surface area contributed by atoms with E-state index >= 15 is 0 Å². The minimum Gasteiger partial charge on any atom is -0.481 e. The second-order valence-corrected chi connectivity index (χ2v) is 8.09. The quantitative estimate of drug-likeness (QED) is 0.779. The third kappa shape index (κ3) is 3.76. The largest absolute Gasteiger partial charge is 0.481 e. The zero-order valence-corrected chi connectivity index (χ0v) is 14.4. The van der Waals surface area contributed by atoms with E-state index in [1.165, 1.54) is 4.31 Å². The summed E-state index contributed by atoms with van der Waals surface area (Å²) in [5.41, 5.74) is -0.444. The lowest BCUT2D eigenvalue weighted by Crippen LogP contribution is -2.54. The fourth-order valence-corrected chi connectivity index (χ4v) is 4.77. The van der Waals surface area contributed by atoms with Crippen LogP contribution in [0.4, 0.5) is 0 Å². The van der Waals surface area contributed by atoms with E-state index in [2.05, 4.69) is 4.72 Å². The summed E-state index contributed by atoms with van der Waals surface area (Å²) in [6, 6.07) is -0.221. The van der Waals surface area contributed by atoms with Gasteiger partial charge in [-0.05, 0) is 24.2 Å². The molecular formula is C14H28N2O4S. The topological polar surface area (TPSA) is 86.7 Å². The first-order valence-corrected chi connectivity index (χ1v) is 9.02. The molecule has 6 nitrogen and oxygen atoms in total. The predicted molar refractivity (Wildman–Crippen MR) is 82.1 cm³/mol. The van der Waals surface area contributed by atoms with Crippen molar-refractivity contribution in [1.82, 2.24) is 9.03 Å². The first kappa shape index (κ1) is 18.4. The highest BCUT2D eigenvalue weighted by Crippen LogP contribution is 2.45. The average Bonchev–Trinajstić information content (AvgIpc) is 2.35. The van der Waals surface area contributed by atoms with Gasteiger partial charge in [-0.15, -0.1) is 0 Å². The van der Waals surface area contributed by atoms with Gasteiger partial charge in [0.2, 0.25) is 0 Å². The van der Waals surface area contributed by atoms with Crippen molar-refractivity contribution in [2.75, 3.05) is 13.1 Å². The van der Waals surface area contributed by atoms with Gasteiger partial charge in [-0.3, -0.25) is 4.79 Å². The molecule has 0 saturated heterocycles. The lowest BCUT2D eigenvalue weighted by atomic mass is 9.61. The van der Waals surface area contributed by atoms with E-state index in [1.807, 2.05) is 20.8 Å². The number of nitrogens with one attached hydrogen (secondary N) is 1. The maximum absolute atomic E-state index is 12.3. The number of rotatable bonds is 6. The summed E-state index contributed by atoms with van der Waals surface area (Å²) in [7, 11) is -3.51. The third-order valence-electron chi connectivity index (χ3n) is 5.09. The maximum atomic E-state index is 12.3. The molecule has 0 amide bonds. The zero-order valence-electron chi connectivity index (χ0n) is 13.6. The van der Waals surface area contributed by atoms with E-state index in [4.69, 9.17) is 0 Å². The van der Waals surface area contributed by atoms with E-state index < -0.39 is 27.5 Å². The van der Waals surface area contributed by atoms with Crippen LogP contribution in [0.3, 0.4) is 0 Å². The van der Waals surface area contributed by atoms with Crippen molar-refractivity contribution in [1.29, 1.82) is 0 Å². The van der Waals surface area contributed by atoms with Crippen molar-refractivity contribution < 1.29 is 18.3 Å². The van der Waals surface area contributed by atoms with Crippen molar-refractivity contribution >= 4 is 16.2 Å². The third-order valence-corrected chi connectivity index (χ3v) is 6.88. The molecule has 1 aliphatic carbocycles. The van der Waals surface area contributed by atoms with Crippen molar-refractivity contribution in [2.24, 2.45) is 17.3 Å². The normalized spacial score (nSPS) is 29.5. The smallest absolute Gasteiger partial charge is 0.307 e. The fourth-order valence-electron chi connectivity index (χ4n) is 3.24. The van der Waals surface area contributed by atoms with Crippen LogP contribution in [0, 0.1) is 17.3 Å². The lowest BCUT2D eigenvalue weighted by Gasteiger charge is -2.46. The van der Waals surface area contributed by atoms with Crippen molar-refractivity contribution in [3.63, 3.8) is 0 Å². The highest BCUT2D eigenvalue weighted by atomic mass is 32.2. The highest BCUT2D eigenvalue weighted by Gasteiger charge is 2.47. The minimum atomic E-state index is -3.51. The van der Waals surface area contributed by atoms with Crippen LogP contribution in [-0.4, -0.2) is 42.9 Å². The second kappa shape index (κ2) is 6.62. The molecule has 1 fully saturated rings. The van der Waals surface area contributed by atoms with E-state index in [9.17, 15) is 18.3 Å². The van der Waals surface area contributed by atoms with Crippen LogP contribution in [0.15, 0.2) is 0 Å². The fraction of sp³-hybridized carbons (Fsp3) is 0.929. The molecular weight excluding hydrogens is 292 g/mol. The molecule has 0 spiro atoms. The molecule has 124 valence electrons. The Morgan fingerprint density at radius 3 is 2.24 bits per heavy atom. The van der Waals surface area contributed by atoms with Gasteiger partial charge in [0.25, 0.3) is 10.2 Å². The molecule has 0 aromatic carbocycles. The number of carboxylic acids is 1. The molecule has 3 unspecified atom stereocenters. The van der Waals surface area contributed by atoms with Crippen LogP contribution >= 0.6 is 0 Å². The van der Waals surface area contributed by atoms with Gasteiger partial charge >= 0.3 is 5.97 Å². The molecule has 0 heterocycles. The average molecular weight is 320 g/mol. The molecule has 0 bridgehead atoms. The van der Waals surface area contributed by atoms with Crippen LogP contribution < -0.4 is 4.72 Å². The summed E-state index contributed by atoms with van der Waals surface area (Å²) in [4.78, 5) is 11.4. The first-order chi connectivity index (χ1) is 9.57. The second-order valence-electron chi connectivity index (χ2n) is 6.39. The summed E-state index contributed by atoms with van der Waals surface area (Å²) in [5.74, 6) is -1.27. The number of nitrogens with zero attached hydrogens (tertiary/aromatic N) is 1. The Balaban J connectivity index is 2.91. The molecule has 7 heteroatoms. The summed E-state index contributed by atoms with van der Waals surface area (Å²) in [6.45, 7) is 10.2. The first-order valence-electron chi connectivity index (χ1n) is 7.58. The number of carboxylic acid groups (broad SMARTS) is 1. The molecule has 1 saturated carbocycles. The molecule has 0 aliphatic heterocycles. The van der Waals surface area contributed by atoms with Gasteiger partial charge < -0.3 is 5.11 Å². The van der Waals surface area contributed by atoms with Gasteiger partial charge in [0, 0.05) is 19.1 Å². The maximum Gasteiger partial charge on any atom is 0.307 e. The zero-order chi connectivity index (χ0) is 16.4. The molecule has 21 heavy (non-hydrogen) atoms. The molecule has 0 radical (unpaired) electrons. The molecule has 1 rings (SSSR count). The Morgan fingerprint density at radius 2 is 1.81 bits per heavy atom.